The van der Waals surface area contributed by atoms with E-state index in [9.17, 15) is 9.59 Å². The summed E-state index contributed by atoms with van der Waals surface area (Å²) in [5.74, 6) is -0.133. The fourth-order valence-corrected chi connectivity index (χ4v) is 1.72. The highest BCUT2D eigenvalue weighted by molar-refractivity contribution is 5.95. The summed E-state index contributed by atoms with van der Waals surface area (Å²) in [6, 6.07) is 4.76. The minimum atomic E-state index is -0.266. The molecule has 0 saturated heterocycles. The lowest BCUT2D eigenvalue weighted by atomic mass is 10.1. The van der Waals surface area contributed by atoms with E-state index in [1.807, 2.05) is 14.1 Å². The van der Waals surface area contributed by atoms with E-state index in [1.54, 1.807) is 18.2 Å². The fraction of sp³-hybridized carbons (Fsp3) is 0.467. The van der Waals surface area contributed by atoms with Gasteiger partial charge in [-0.25, -0.2) is 0 Å². The summed E-state index contributed by atoms with van der Waals surface area (Å²) in [7, 11) is 5.49. The molecule has 0 aliphatic rings. The number of amides is 2. The van der Waals surface area contributed by atoms with Crippen molar-refractivity contribution < 1.29 is 14.3 Å². The highest BCUT2D eigenvalue weighted by Gasteiger charge is 2.10. The van der Waals surface area contributed by atoms with Crippen LogP contribution in [0.1, 0.15) is 16.8 Å². The van der Waals surface area contributed by atoms with Crippen LogP contribution in [0.5, 0.6) is 5.75 Å². The molecule has 122 valence electrons. The molecule has 1 rings (SSSR count). The van der Waals surface area contributed by atoms with Crippen LogP contribution in [-0.4, -0.2) is 57.6 Å². The summed E-state index contributed by atoms with van der Waals surface area (Å²) < 4.78 is 5.31. The Hall–Kier alpha value is -2.28. The smallest absolute Gasteiger partial charge is 0.257 e. The molecule has 0 spiro atoms. The molecular weight excluding hydrogens is 284 g/mol. The summed E-state index contributed by atoms with van der Waals surface area (Å²) in [5, 5.41) is 5.28. The first-order chi connectivity index (χ1) is 10.4. The van der Waals surface area contributed by atoms with Crippen molar-refractivity contribution in [2.45, 2.75) is 6.42 Å². The number of rotatable bonds is 8. The lowest BCUT2D eigenvalue weighted by molar-refractivity contribution is -0.122. The quantitative estimate of drug-likeness (QED) is 0.467. The first-order valence-electron chi connectivity index (χ1n) is 7.10. The van der Waals surface area contributed by atoms with Gasteiger partial charge in [0.05, 0.1) is 5.69 Å². The van der Waals surface area contributed by atoms with E-state index in [0.717, 1.165) is 13.0 Å². The number of hydrogen-bond acceptors (Lipinski definition) is 5. The van der Waals surface area contributed by atoms with Crippen molar-refractivity contribution in [2.24, 2.45) is 0 Å². The van der Waals surface area contributed by atoms with E-state index < -0.39 is 0 Å². The zero-order chi connectivity index (χ0) is 16.5. The van der Waals surface area contributed by atoms with Gasteiger partial charge in [0.15, 0.2) is 6.61 Å². The fourth-order valence-electron chi connectivity index (χ4n) is 1.72. The van der Waals surface area contributed by atoms with Gasteiger partial charge in [-0.3, -0.25) is 9.59 Å². The normalized spacial score (nSPS) is 10.4. The summed E-state index contributed by atoms with van der Waals surface area (Å²) in [4.78, 5) is 25.3. The van der Waals surface area contributed by atoms with Gasteiger partial charge in [0.2, 0.25) is 0 Å². The number of benzene rings is 1. The van der Waals surface area contributed by atoms with Crippen LogP contribution in [0.4, 0.5) is 5.69 Å². The third-order valence-electron chi connectivity index (χ3n) is 2.98. The summed E-state index contributed by atoms with van der Waals surface area (Å²) in [5.41, 5.74) is 6.61. The van der Waals surface area contributed by atoms with Gasteiger partial charge < -0.3 is 26.0 Å². The highest BCUT2D eigenvalue weighted by atomic mass is 16.5. The molecule has 7 heteroatoms. The topological polar surface area (TPSA) is 96.7 Å². The van der Waals surface area contributed by atoms with Crippen molar-refractivity contribution in [2.75, 3.05) is 46.6 Å². The molecule has 0 aromatic heterocycles. The number of nitrogens with zero attached hydrogens (tertiary/aromatic N) is 1. The number of carbonyl (C=O) groups excluding carboxylic acids is 2. The Morgan fingerprint density at radius 3 is 2.68 bits per heavy atom. The molecule has 2 amide bonds. The Balaban J connectivity index is 2.59. The number of ether oxygens (including phenoxy) is 1. The predicted octanol–water partition coefficient (Wildman–Crippen LogP) is 0.0751. The molecule has 0 aliphatic carbocycles. The average Bonchev–Trinajstić information content (AvgIpc) is 2.49. The minimum absolute atomic E-state index is 0.144. The van der Waals surface area contributed by atoms with Gasteiger partial charge >= 0.3 is 0 Å². The molecule has 4 N–H and O–H groups in total. The molecule has 22 heavy (non-hydrogen) atoms. The van der Waals surface area contributed by atoms with E-state index in [1.165, 1.54) is 7.05 Å². The molecule has 0 unspecified atom stereocenters. The van der Waals surface area contributed by atoms with Crippen LogP contribution in [0, 0.1) is 0 Å². The van der Waals surface area contributed by atoms with Crippen LogP contribution >= 0.6 is 0 Å². The van der Waals surface area contributed by atoms with E-state index in [2.05, 4.69) is 15.5 Å². The lowest BCUT2D eigenvalue weighted by Gasteiger charge is -2.12. The Morgan fingerprint density at radius 1 is 1.32 bits per heavy atom. The first kappa shape index (κ1) is 17.8. The van der Waals surface area contributed by atoms with E-state index in [0.29, 0.717) is 23.5 Å². The van der Waals surface area contributed by atoms with Crippen LogP contribution in [0.25, 0.3) is 0 Å². The van der Waals surface area contributed by atoms with Crippen molar-refractivity contribution in [3.63, 3.8) is 0 Å². The number of nitrogens with one attached hydrogen (secondary N) is 2. The van der Waals surface area contributed by atoms with Gasteiger partial charge in [0, 0.05) is 19.2 Å². The molecule has 0 atom stereocenters. The van der Waals surface area contributed by atoms with Crippen LogP contribution in [-0.2, 0) is 4.79 Å². The molecule has 0 saturated carbocycles. The zero-order valence-corrected chi connectivity index (χ0v) is 13.3. The molecular formula is C15H24N4O3. The van der Waals surface area contributed by atoms with E-state index >= 15 is 0 Å². The number of carbonyl (C=O) groups is 2. The number of anilines is 1. The molecule has 0 radical (unpaired) electrons. The zero-order valence-electron chi connectivity index (χ0n) is 13.3. The second kappa shape index (κ2) is 8.89. The molecule has 0 bridgehead atoms. The third kappa shape index (κ3) is 6.01. The summed E-state index contributed by atoms with van der Waals surface area (Å²) in [6.07, 6.45) is 0.869. The number of nitrogen functional groups attached to an aromatic ring is 1. The Labute approximate surface area is 130 Å². The van der Waals surface area contributed by atoms with E-state index in [4.69, 9.17) is 10.5 Å². The SMILES string of the molecule is CNC(=O)COc1cc(C(=O)NCCCN(C)C)ccc1N. The monoisotopic (exact) mass is 308 g/mol. The van der Waals surface area contributed by atoms with Crippen LogP contribution in [0.2, 0.25) is 0 Å². The van der Waals surface area contributed by atoms with Gasteiger partial charge in [-0.05, 0) is 45.3 Å². The number of nitrogens with two attached hydrogens (primary N) is 1. The van der Waals surface area contributed by atoms with Crippen molar-refractivity contribution >= 4 is 17.5 Å². The Morgan fingerprint density at radius 2 is 2.05 bits per heavy atom. The maximum absolute atomic E-state index is 12.0. The number of likely N-dealkylation sites (N-methyl/N-ethyl adjacent to an activating group) is 1. The van der Waals surface area contributed by atoms with Crippen molar-refractivity contribution in [1.29, 1.82) is 0 Å². The molecule has 0 fully saturated rings. The van der Waals surface area contributed by atoms with Gasteiger partial charge in [-0.1, -0.05) is 0 Å². The van der Waals surface area contributed by atoms with Crippen LogP contribution in [0.3, 0.4) is 0 Å². The van der Waals surface area contributed by atoms with Crippen molar-refractivity contribution in [3.05, 3.63) is 23.8 Å². The summed E-state index contributed by atoms with van der Waals surface area (Å²) in [6.45, 7) is 1.35. The van der Waals surface area contributed by atoms with Crippen molar-refractivity contribution in [3.8, 4) is 5.75 Å². The number of hydrogen-bond donors (Lipinski definition) is 3. The van der Waals surface area contributed by atoms with Gasteiger partial charge in [-0.2, -0.15) is 0 Å². The Kier molecular flexibility index (Phi) is 7.18. The molecule has 1 aromatic carbocycles. The largest absolute Gasteiger partial charge is 0.482 e. The predicted molar refractivity (Wildman–Crippen MR) is 85.9 cm³/mol. The Bertz CT molecular complexity index is 518. The van der Waals surface area contributed by atoms with Crippen LogP contribution in [0.15, 0.2) is 18.2 Å². The molecule has 1 aromatic rings. The second-order valence-electron chi connectivity index (χ2n) is 5.13. The standard InChI is InChI=1S/C15H24N4O3/c1-17-14(20)10-22-13-9-11(5-6-12(13)16)15(21)18-7-4-8-19(2)3/h5-6,9H,4,7-8,10,16H2,1-3H3,(H,17,20)(H,18,21). The van der Waals surface area contributed by atoms with Gasteiger partial charge in [0.1, 0.15) is 5.75 Å². The summed E-state index contributed by atoms with van der Waals surface area (Å²) >= 11 is 0. The molecule has 0 aliphatic heterocycles. The van der Waals surface area contributed by atoms with Gasteiger partial charge in [0.25, 0.3) is 11.8 Å². The maximum atomic E-state index is 12.0. The van der Waals surface area contributed by atoms with Gasteiger partial charge in [-0.15, -0.1) is 0 Å². The minimum Gasteiger partial charge on any atom is -0.482 e. The third-order valence-corrected chi connectivity index (χ3v) is 2.98. The van der Waals surface area contributed by atoms with E-state index in [-0.39, 0.29) is 18.4 Å². The maximum Gasteiger partial charge on any atom is 0.257 e. The lowest BCUT2D eigenvalue weighted by Crippen LogP contribution is -2.27. The highest BCUT2D eigenvalue weighted by Crippen LogP contribution is 2.22. The van der Waals surface area contributed by atoms with Crippen molar-refractivity contribution in [1.82, 2.24) is 15.5 Å². The van der Waals surface area contributed by atoms with Crippen LogP contribution < -0.4 is 21.1 Å². The second-order valence-corrected chi connectivity index (χ2v) is 5.13. The molecule has 0 heterocycles. The molecule has 7 nitrogen and oxygen atoms in total. The first-order valence-corrected chi connectivity index (χ1v) is 7.10. The average molecular weight is 308 g/mol.